The zero-order valence-corrected chi connectivity index (χ0v) is 16.9. The van der Waals surface area contributed by atoms with Gasteiger partial charge in [-0.2, -0.15) is 0 Å². The average molecular weight is 406 g/mol. The Hall–Kier alpha value is -3.87. The van der Waals surface area contributed by atoms with Gasteiger partial charge in [0.1, 0.15) is 0 Å². The molecule has 30 heavy (non-hydrogen) atoms. The molecule has 1 heterocycles. The molecular formula is C23H22N2O5. The van der Waals surface area contributed by atoms with Gasteiger partial charge < -0.3 is 19.8 Å². The number of rotatable bonds is 6. The summed E-state index contributed by atoms with van der Waals surface area (Å²) in [6.07, 6.45) is 1.40. The summed E-state index contributed by atoms with van der Waals surface area (Å²) in [7, 11) is 0. The number of furan rings is 1. The number of benzene rings is 2. The number of carbonyl (C=O) groups excluding carboxylic acids is 3. The highest BCUT2D eigenvalue weighted by molar-refractivity contribution is 6.03. The third kappa shape index (κ3) is 5.14. The minimum atomic E-state index is -0.667. The topological polar surface area (TPSA) is 97.6 Å². The first-order chi connectivity index (χ1) is 14.3. The number of aryl methyl sites for hydroxylation is 3. The predicted molar refractivity (Wildman–Crippen MR) is 113 cm³/mol. The van der Waals surface area contributed by atoms with E-state index in [0.29, 0.717) is 11.4 Å². The number of hydrogen-bond acceptors (Lipinski definition) is 5. The number of nitrogens with one attached hydrogen (secondary N) is 2. The van der Waals surface area contributed by atoms with Gasteiger partial charge in [-0.05, 0) is 62.2 Å². The van der Waals surface area contributed by atoms with Crippen molar-refractivity contribution in [3.8, 4) is 0 Å². The molecule has 0 bridgehead atoms. The number of hydrogen-bond donors (Lipinski definition) is 2. The maximum Gasteiger partial charge on any atom is 0.338 e. The number of esters is 1. The van der Waals surface area contributed by atoms with E-state index >= 15 is 0 Å². The number of anilines is 2. The van der Waals surface area contributed by atoms with Crippen molar-refractivity contribution in [1.82, 2.24) is 0 Å². The molecule has 2 amide bonds. The molecule has 0 atom stereocenters. The molecule has 154 valence electrons. The van der Waals surface area contributed by atoms with E-state index in [9.17, 15) is 14.4 Å². The molecule has 0 unspecified atom stereocenters. The predicted octanol–water partition coefficient (Wildman–Crippen LogP) is 4.25. The molecule has 0 spiro atoms. The minimum Gasteiger partial charge on any atom is -0.459 e. The summed E-state index contributed by atoms with van der Waals surface area (Å²) >= 11 is 0. The Morgan fingerprint density at radius 1 is 0.900 bits per heavy atom. The van der Waals surface area contributed by atoms with Gasteiger partial charge in [0.25, 0.3) is 11.8 Å². The maximum atomic E-state index is 12.4. The number of ether oxygens (including phenoxy) is 1. The van der Waals surface area contributed by atoms with Crippen molar-refractivity contribution in [1.29, 1.82) is 0 Å². The summed E-state index contributed by atoms with van der Waals surface area (Å²) < 4.78 is 10.2. The third-order valence-corrected chi connectivity index (χ3v) is 4.46. The van der Waals surface area contributed by atoms with E-state index in [0.717, 1.165) is 16.7 Å². The van der Waals surface area contributed by atoms with Crippen molar-refractivity contribution in [3.63, 3.8) is 0 Å². The summed E-state index contributed by atoms with van der Waals surface area (Å²) in [6, 6.07) is 13.5. The second-order valence-electron chi connectivity index (χ2n) is 6.90. The minimum absolute atomic E-state index is 0.158. The van der Waals surface area contributed by atoms with Gasteiger partial charge in [0.2, 0.25) is 0 Å². The van der Waals surface area contributed by atoms with Crippen molar-refractivity contribution in [2.24, 2.45) is 0 Å². The first-order valence-electron chi connectivity index (χ1n) is 9.33. The zero-order valence-electron chi connectivity index (χ0n) is 16.9. The lowest BCUT2D eigenvalue weighted by Gasteiger charge is -2.11. The standard InChI is InChI=1S/C23H22N2O5/c1-14-6-9-18(16(3)11-14)24-21(26)13-30-23(28)17-8-7-15(2)19(12-17)25-22(27)20-5-4-10-29-20/h4-12H,13H2,1-3H3,(H,24,26)(H,25,27). The molecule has 1 aromatic heterocycles. The molecule has 0 aliphatic rings. The number of amides is 2. The molecule has 3 rings (SSSR count). The fraction of sp³-hybridized carbons (Fsp3) is 0.174. The van der Waals surface area contributed by atoms with Gasteiger partial charge in [-0.1, -0.05) is 23.8 Å². The Morgan fingerprint density at radius 2 is 1.70 bits per heavy atom. The largest absolute Gasteiger partial charge is 0.459 e. The van der Waals surface area contributed by atoms with Crippen molar-refractivity contribution in [2.75, 3.05) is 17.2 Å². The van der Waals surface area contributed by atoms with Crippen LogP contribution in [-0.4, -0.2) is 24.4 Å². The van der Waals surface area contributed by atoms with Crippen LogP contribution in [0.5, 0.6) is 0 Å². The second kappa shape index (κ2) is 9.09. The molecule has 0 aliphatic heterocycles. The summed E-state index contributed by atoms with van der Waals surface area (Å²) in [6.45, 7) is 5.23. The molecule has 0 saturated heterocycles. The Morgan fingerprint density at radius 3 is 2.40 bits per heavy atom. The molecule has 0 saturated carbocycles. The smallest absolute Gasteiger partial charge is 0.338 e. The van der Waals surface area contributed by atoms with Gasteiger partial charge in [0, 0.05) is 11.4 Å². The summed E-state index contributed by atoms with van der Waals surface area (Å²) in [4.78, 5) is 36.7. The van der Waals surface area contributed by atoms with Gasteiger partial charge in [-0.25, -0.2) is 4.79 Å². The van der Waals surface area contributed by atoms with Crippen LogP contribution < -0.4 is 10.6 Å². The summed E-state index contributed by atoms with van der Waals surface area (Å²) in [5.74, 6) is -1.38. The lowest BCUT2D eigenvalue weighted by atomic mass is 10.1. The molecule has 0 radical (unpaired) electrons. The maximum absolute atomic E-state index is 12.4. The molecule has 2 aromatic carbocycles. The molecule has 3 aromatic rings. The Kier molecular flexibility index (Phi) is 6.32. The van der Waals surface area contributed by atoms with Crippen LogP contribution in [-0.2, 0) is 9.53 Å². The van der Waals surface area contributed by atoms with Crippen LogP contribution in [0.15, 0.2) is 59.2 Å². The van der Waals surface area contributed by atoms with Crippen LogP contribution in [0.1, 0.15) is 37.6 Å². The highest BCUT2D eigenvalue weighted by Crippen LogP contribution is 2.19. The monoisotopic (exact) mass is 406 g/mol. The highest BCUT2D eigenvalue weighted by atomic mass is 16.5. The van der Waals surface area contributed by atoms with E-state index < -0.39 is 24.4 Å². The van der Waals surface area contributed by atoms with Crippen molar-refractivity contribution in [2.45, 2.75) is 20.8 Å². The van der Waals surface area contributed by atoms with Crippen LogP contribution in [0.4, 0.5) is 11.4 Å². The molecular weight excluding hydrogens is 384 g/mol. The normalized spacial score (nSPS) is 10.4. The Balaban J connectivity index is 1.61. The van der Waals surface area contributed by atoms with Gasteiger partial charge in [-0.3, -0.25) is 9.59 Å². The zero-order chi connectivity index (χ0) is 21.7. The third-order valence-electron chi connectivity index (χ3n) is 4.46. The van der Waals surface area contributed by atoms with Crippen LogP contribution in [0.3, 0.4) is 0 Å². The number of carbonyl (C=O) groups is 3. The quantitative estimate of drug-likeness (QED) is 0.597. The van der Waals surface area contributed by atoms with Crippen LogP contribution in [0.2, 0.25) is 0 Å². The Labute approximate surface area is 174 Å². The van der Waals surface area contributed by atoms with E-state index in [1.807, 2.05) is 26.0 Å². The first kappa shape index (κ1) is 20.9. The van der Waals surface area contributed by atoms with Gasteiger partial charge in [-0.15, -0.1) is 0 Å². The molecule has 7 nitrogen and oxygen atoms in total. The molecule has 0 fully saturated rings. The molecule has 2 N–H and O–H groups in total. The van der Waals surface area contributed by atoms with Gasteiger partial charge in [0.15, 0.2) is 12.4 Å². The summed E-state index contributed by atoms with van der Waals surface area (Å²) in [5, 5.41) is 5.42. The molecule has 7 heteroatoms. The van der Waals surface area contributed by atoms with Crippen LogP contribution in [0.25, 0.3) is 0 Å². The SMILES string of the molecule is Cc1ccc(NC(=O)COC(=O)c2ccc(C)c(NC(=O)c3ccco3)c2)c(C)c1. The van der Waals surface area contributed by atoms with E-state index in [2.05, 4.69) is 10.6 Å². The van der Waals surface area contributed by atoms with E-state index in [1.54, 1.807) is 31.2 Å². The fourth-order valence-corrected chi connectivity index (χ4v) is 2.83. The molecule has 0 aliphatic carbocycles. The highest BCUT2D eigenvalue weighted by Gasteiger charge is 2.15. The van der Waals surface area contributed by atoms with Gasteiger partial charge >= 0.3 is 5.97 Å². The van der Waals surface area contributed by atoms with E-state index in [1.165, 1.54) is 18.4 Å². The van der Waals surface area contributed by atoms with Crippen LogP contribution >= 0.6 is 0 Å². The fourth-order valence-electron chi connectivity index (χ4n) is 2.83. The lowest BCUT2D eigenvalue weighted by molar-refractivity contribution is -0.119. The van der Waals surface area contributed by atoms with Crippen LogP contribution in [0, 0.1) is 20.8 Å². The lowest BCUT2D eigenvalue weighted by Crippen LogP contribution is -2.21. The van der Waals surface area contributed by atoms with Crippen molar-refractivity contribution in [3.05, 3.63) is 82.8 Å². The van der Waals surface area contributed by atoms with Gasteiger partial charge in [0.05, 0.1) is 11.8 Å². The second-order valence-corrected chi connectivity index (χ2v) is 6.90. The average Bonchev–Trinajstić information content (AvgIpc) is 3.25. The Bertz CT molecular complexity index is 1090. The van der Waals surface area contributed by atoms with E-state index in [4.69, 9.17) is 9.15 Å². The van der Waals surface area contributed by atoms with Crippen molar-refractivity contribution >= 4 is 29.2 Å². The summed E-state index contributed by atoms with van der Waals surface area (Å²) in [5.41, 5.74) is 4.11. The van der Waals surface area contributed by atoms with Crippen molar-refractivity contribution < 1.29 is 23.5 Å². The first-order valence-corrected chi connectivity index (χ1v) is 9.33. The van der Waals surface area contributed by atoms with E-state index in [-0.39, 0.29) is 11.3 Å².